The second-order valence-corrected chi connectivity index (χ2v) is 7.07. The maximum atomic E-state index is 5.25. The van der Waals surface area contributed by atoms with Crippen LogP contribution in [-0.2, 0) is 6.54 Å². The fraction of sp³-hybridized carbons (Fsp3) is 0.304. The molecule has 1 aliphatic heterocycles. The van der Waals surface area contributed by atoms with E-state index in [1.54, 1.807) is 7.11 Å². The highest BCUT2D eigenvalue weighted by atomic mass is 16.5. The van der Waals surface area contributed by atoms with Crippen LogP contribution in [0.2, 0.25) is 0 Å². The maximum Gasteiger partial charge on any atom is 0.118 e. The molecule has 0 N–H and O–H groups in total. The summed E-state index contributed by atoms with van der Waals surface area (Å²) in [6.07, 6.45) is 4.26. The molecule has 0 radical (unpaired) electrons. The van der Waals surface area contributed by atoms with Crippen LogP contribution in [0.3, 0.4) is 0 Å². The van der Waals surface area contributed by atoms with Crippen molar-refractivity contribution in [2.24, 2.45) is 0 Å². The number of likely N-dealkylation sites (tertiary alicyclic amines) is 1. The molecule has 0 aliphatic carbocycles. The summed E-state index contributed by atoms with van der Waals surface area (Å²) in [6, 6.07) is 20.6. The lowest BCUT2D eigenvalue weighted by Gasteiger charge is -2.32. The first-order valence-corrected chi connectivity index (χ1v) is 9.55. The molecule has 3 heterocycles. The molecule has 4 rings (SSSR count). The molecule has 1 aliphatic rings. The van der Waals surface area contributed by atoms with Gasteiger partial charge in [0.1, 0.15) is 5.75 Å². The van der Waals surface area contributed by atoms with Crippen LogP contribution >= 0.6 is 0 Å². The van der Waals surface area contributed by atoms with Gasteiger partial charge in [0.2, 0.25) is 0 Å². The van der Waals surface area contributed by atoms with Crippen molar-refractivity contribution in [3.8, 4) is 17.0 Å². The highest BCUT2D eigenvalue weighted by Crippen LogP contribution is 2.28. The quantitative estimate of drug-likeness (QED) is 0.671. The van der Waals surface area contributed by atoms with E-state index in [4.69, 9.17) is 9.72 Å². The zero-order valence-corrected chi connectivity index (χ0v) is 15.7. The Bertz CT molecular complexity index is 864. The number of rotatable bonds is 5. The number of hydrogen-bond acceptors (Lipinski definition) is 4. The summed E-state index contributed by atoms with van der Waals surface area (Å²) in [7, 11) is 1.69. The number of pyridine rings is 2. The summed E-state index contributed by atoms with van der Waals surface area (Å²) in [6.45, 7) is 3.08. The molecule has 4 heteroatoms. The van der Waals surface area contributed by atoms with E-state index in [0.717, 1.165) is 42.3 Å². The highest BCUT2D eigenvalue weighted by molar-refractivity contribution is 5.60. The van der Waals surface area contributed by atoms with Crippen LogP contribution in [0.5, 0.6) is 5.75 Å². The molecule has 0 unspecified atom stereocenters. The molecule has 0 saturated carbocycles. The number of hydrogen-bond donors (Lipinski definition) is 0. The topological polar surface area (TPSA) is 38.2 Å². The van der Waals surface area contributed by atoms with Gasteiger partial charge in [-0.15, -0.1) is 0 Å². The van der Waals surface area contributed by atoms with Crippen LogP contribution in [0.1, 0.15) is 30.1 Å². The second kappa shape index (κ2) is 8.31. The lowest BCUT2D eigenvalue weighted by molar-refractivity contribution is 0.196. The Morgan fingerprint density at radius 3 is 2.70 bits per heavy atom. The fourth-order valence-electron chi connectivity index (χ4n) is 3.76. The van der Waals surface area contributed by atoms with Gasteiger partial charge in [-0.25, -0.2) is 0 Å². The van der Waals surface area contributed by atoms with Crippen molar-refractivity contribution < 1.29 is 4.74 Å². The van der Waals surface area contributed by atoms with E-state index < -0.39 is 0 Å². The minimum absolute atomic E-state index is 0.473. The Morgan fingerprint density at radius 2 is 1.93 bits per heavy atom. The SMILES string of the molecule is COc1ccc(-c2cccc([C@@H]3CCCN(Cc4ccccn4)C3)n2)cc1. The van der Waals surface area contributed by atoms with E-state index in [2.05, 4.69) is 52.3 Å². The molecule has 1 aromatic carbocycles. The molecule has 4 nitrogen and oxygen atoms in total. The standard InChI is InChI=1S/C23H25N3O/c1-27-21-12-10-18(11-13-21)22-8-4-9-23(25-22)19-6-5-15-26(16-19)17-20-7-2-3-14-24-20/h2-4,7-14,19H,5-6,15-17H2,1H3/t19-/m1/s1. The molecule has 27 heavy (non-hydrogen) atoms. The van der Waals surface area contributed by atoms with Gasteiger partial charge in [0.05, 0.1) is 18.5 Å². The number of methoxy groups -OCH3 is 1. The minimum Gasteiger partial charge on any atom is -0.497 e. The molecule has 1 fully saturated rings. The third-order valence-electron chi connectivity index (χ3n) is 5.19. The fourth-order valence-corrected chi connectivity index (χ4v) is 3.76. The number of ether oxygens (including phenoxy) is 1. The van der Waals surface area contributed by atoms with Crippen LogP contribution in [0, 0.1) is 0 Å². The van der Waals surface area contributed by atoms with E-state index in [1.807, 2.05) is 24.4 Å². The van der Waals surface area contributed by atoms with Crippen molar-refractivity contribution in [1.82, 2.24) is 14.9 Å². The summed E-state index contributed by atoms with van der Waals surface area (Å²) in [4.78, 5) is 11.9. The van der Waals surface area contributed by atoms with Gasteiger partial charge in [-0.2, -0.15) is 0 Å². The molecular weight excluding hydrogens is 334 g/mol. The van der Waals surface area contributed by atoms with E-state index in [0.29, 0.717) is 5.92 Å². The highest BCUT2D eigenvalue weighted by Gasteiger charge is 2.23. The van der Waals surface area contributed by atoms with Crippen molar-refractivity contribution in [3.05, 3.63) is 78.2 Å². The van der Waals surface area contributed by atoms with Gasteiger partial charge in [0.15, 0.2) is 0 Å². The van der Waals surface area contributed by atoms with Crippen molar-refractivity contribution in [1.29, 1.82) is 0 Å². The van der Waals surface area contributed by atoms with Gasteiger partial charge >= 0.3 is 0 Å². The Balaban J connectivity index is 1.49. The zero-order chi connectivity index (χ0) is 18.5. The molecule has 1 saturated heterocycles. The predicted octanol–water partition coefficient (Wildman–Crippen LogP) is 4.53. The number of benzene rings is 1. The second-order valence-electron chi connectivity index (χ2n) is 7.07. The van der Waals surface area contributed by atoms with Crippen molar-refractivity contribution in [2.75, 3.05) is 20.2 Å². The first kappa shape index (κ1) is 17.7. The first-order chi connectivity index (χ1) is 13.3. The zero-order valence-electron chi connectivity index (χ0n) is 15.7. The smallest absolute Gasteiger partial charge is 0.118 e. The summed E-state index contributed by atoms with van der Waals surface area (Å²) >= 11 is 0. The van der Waals surface area contributed by atoms with Crippen LogP contribution in [-0.4, -0.2) is 35.1 Å². The third kappa shape index (κ3) is 4.34. The molecule has 0 amide bonds. The lowest BCUT2D eigenvalue weighted by Crippen LogP contribution is -2.34. The summed E-state index contributed by atoms with van der Waals surface area (Å²) < 4.78 is 5.25. The van der Waals surface area contributed by atoms with Gasteiger partial charge < -0.3 is 4.74 Å². The predicted molar refractivity (Wildman–Crippen MR) is 108 cm³/mol. The van der Waals surface area contributed by atoms with E-state index in [1.165, 1.54) is 18.5 Å². The molecule has 2 aromatic heterocycles. The summed E-state index contributed by atoms with van der Waals surface area (Å²) in [5, 5.41) is 0. The van der Waals surface area contributed by atoms with Gasteiger partial charge in [-0.05, 0) is 67.9 Å². The Hall–Kier alpha value is -2.72. The number of nitrogens with zero attached hydrogens (tertiary/aromatic N) is 3. The lowest BCUT2D eigenvalue weighted by atomic mass is 9.93. The van der Waals surface area contributed by atoms with Gasteiger partial charge in [0.25, 0.3) is 0 Å². The van der Waals surface area contributed by atoms with Gasteiger partial charge in [0, 0.05) is 36.5 Å². The van der Waals surface area contributed by atoms with Crippen molar-refractivity contribution in [3.63, 3.8) is 0 Å². The van der Waals surface area contributed by atoms with Crippen LogP contribution < -0.4 is 4.74 Å². The van der Waals surface area contributed by atoms with Crippen LogP contribution in [0.25, 0.3) is 11.3 Å². The van der Waals surface area contributed by atoms with Gasteiger partial charge in [-0.3, -0.25) is 14.9 Å². The number of piperidine rings is 1. The van der Waals surface area contributed by atoms with Crippen LogP contribution in [0.4, 0.5) is 0 Å². The average Bonchev–Trinajstić information content (AvgIpc) is 2.75. The van der Waals surface area contributed by atoms with Crippen LogP contribution in [0.15, 0.2) is 66.9 Å². The molecule has 3 aromatic rings. The Morgan fingerprint density at radius 1 is 1.04 bits per heavy atom. The van der Waals surface area contributed by atoms with Gasteiger partial charge in [-0.1, -0.05) is 12.1 Å². The number of aromatic nitrogens is 2. The molecule has 0 spiro atoms. The normalized spacial score (nSPS) is 17.6. The molecule has 1 atom stereocenters. The first-order valence-electron chi connectivity index (χ1n) is 9.55. The van der Waals surface area contributed by atoms with E-state index in [9.17, 15) is 0 Å². The summed E-state index contributed by atoms with van der Waals surface area (Å²) in [5.41, 5.74) is 4.47. The summed E-state index contributed by atoms with van der Waals surface area (Å²) in [5.74, 6) is 1.34. The minimum atomic E-state index is 0.473. The third-order valence-corrected chi connectivity index (χ3v) is 5.19. The van der Waals surface area contributed by atoms with E-state index >= 15 is 0 Å². The molecule has 0 bridgehead atoms. The molecular formula is C23H25N3O. The average molecular weight is 359 g/mol. The van der Waals surface area contributed by atoms with Crippen molar-refractivity contribution >= 4 is 0 Å². The Kier molecular flexibility index (Phi) is 5.45. The van der Waals surface area contributed by atoms with Crippen molar-refractivity contribution in [2.45, 2.75) is 25.3 Å². The van der Waals surface area contributed by atoms with E-state index in [-0.39, 0.29) is 0 Å². The monoisotopic (exact) mass is 359 g/mol. The maximum absolute atomic E-state index is 5.25. The molecule has 138 valence electrons. The Labute approximate surface area is 160 Å². The largest absolute Gasteiger partial charge is 0.497 e.